The van der Waals surface area contributed by atoms with Gasteiger partial charge in [-0.25, -0.2) is 4.39 Å². The molecule has 0 bridgehead atoms. The van der Waals surface area contributed by atoms with Gasteiger partial charge in [0.2, 0.25) is 6.17 Å². The summed E-state index contributed by atoms with van der Waals surface area (Å²) in [5.74, 6) is -1.84. The molecule has 80 valence electrons. The molecule has 5 heteroatoms. The third-order valence-electron chi connectivity index (χ3n) is 1.72. The molecule has 0 aliphatic heterocycles. The zero-order valence-electron chi connectivity index (χ0n) is 7.96. The summed E-state index contributed by atoms with van der Waals surface area (Å²) in [5.41, 5.74) is 0.285. The zero-order chi connectivity index (χ0) is 11.4. The van der Waals surface area contributed by atoms with Crippen LogP contribution in [0.4, 0.5) is 10.1 Å². The second kappa shape index (κ2) is 4.89. The highest BCUT2D eigenvalue weighted by molar-refractivity contribution is 6.33. The summed E-state index contributed by atoms with van der Waals surface area (Å²) in [7, 11) is 0. The molecular weight excluding hydrogens is 221 g/mol. The normalized spacial score (nSPS) is 11.9. The van der Waals surface area contributed by atoms with Gasteiger partial charge in [-0.1, -0.05) is 23.7 Å². The van der Waals surface area contributed by atoms with Crippen molar-refractivity contribution >= 4 is 29.0 Å². The molecule has 1 aromatic rings. The number of carbonyl (C=O) groups excluding carboxylic acids is 2. The van der Waals surface area contributed by atoms with Gasteiger partial charge in [0, 0.05) is 0 Å². The van der Waals surface area contributed by atoms with E-state index < -0.39 is 17.9 Å². The second-order valence-electron chi connectivity index (χ2n) is 2.94. The van der Waals surface area contributed by atoms with E-state index in [0.717, 1.165) is 6.92 Å². The third kappa shape index (κ3) is 3.02. The molecule has 0 spiro atoms. The standard InChI is InChI=1S/C10H9ClFNO2/c1-6(14)9(12)10(15)13-8-5-3-2-4-7(8)11/h2-5,9H,1H3,(H,13,15). The van der Waals surface area contributed by atoms with Crippen LogP contribution in [0.15, 0.2) is 24.3 Å². The summed E-state index contributed by atoms with van der Waals surface area (Å²) >= 11 is 5.73. The Hall–Kier alpha value is -1.42. The number of ketones is 1. The molecule has 3 nitrogen and oxygen atoms in total. The molecule has 0 heterocycles. The average molecular weight is 230 g/mol. The fourth-order valence-corrected chi connectivity index (χ4v) is 1.13. The summed E-state index contributed by atoms with van der Waals surface area (Å²) in [6, 6.07) is 6.39. The van der Waals surface area contributed by atoms with E-state index in [1.54, 1.807) is 18.2 Å². The van der Waals surface area contributed by atoms with E-state index in [1.807, 2.05) is 0 Å². The Balaban J connectivity index is 2.75. The predicted octanol–water partition coefficient (Wildman–Crippen LogP) is 2.21. The van der Waals surface area contributed by atoms with Crippen molar-refractivity contribution in [3.05, 3.63) is 29.3 Å². The maximum Gasteiger partial charge on any atom is 0.266 e. The van der Waals surface area contributed by atoms with Crippen molar-refractivity contribution in [2.75, 3.05) is 5.32 Å². The molecular formula is C10H9ClFNO2. The minimum atomic E-state index is -2.15. The first-order valence-electron chi connectivity index (χ1n) is 4.22. The number of halogens is 2. The van der Waals surface area contributed by atoms with Crippen LogP contribution in [-0.4, -0.2) is 17.9 Å². The Morgan fingerprint density at radius 3 is 2.53 bits per heavy atom. The van der Waals surface area contributed by atoms with Crippen molar-refractivity contribution in [3.63, 3.8) is 0 Å². The van der Waals surface area contributed by atoms with Crippen molar-refractivity contribution in [2.24, 2.45) is 0 Å². The zero-order valence-corrected chi connectivity index (χ0v) is 8.72. The molecule has 1 aromatic carbocycles. The molecule has 0 radical (unpaired) electrons. The van der Waals surface area contributed by atoms with Crippen molar-refractivity contribution < 1.29 is 14.0 Å². The number of Topliss-reactive ketones (excluding diaryl/α,β-unsaturated/α-hetero) is 1. The first kappa shape index (κ1) is 11.7. The summed E-state index contributed by atoms with van der Waals surface area (Å²) in [6.45, 7) is 1.01. The van der Waals surface area contributed by atoms with Crippen LogP contribution in [0.2, 0.25) is 5.02 Å². The number of benzene rings is 1. The molecule has 0 saturated carbocycles. The van der Waals surface area contributed by atoms with Crippen LogP contribution in [0.5, 0.6) is 0 Å². The van der Waals surface area contributed by atoms with Gasteiger partial charge in [0.15, 0.2) is 5.78 Å². The number of anilines is 1. The predicted molar refractivity (Wildman–Crippen MR) is 55.7 cm³/mol. The van der Waals surface area contributed by atoms with E-state index >= 15 is 0 Å². The third-order valence-corrected chi connectivity index (χ3v) is 2.05. The maximum atomic E-state index is 12.9. The topological polar surface area (TPSA) is 46.2 Å². The molecule has 1 amide bonds. The fraction of sp³-hybridized carbons (Fsp3) is 0.200. The monoisotopic (exact) mass is 229 g/mol. The quantitative estimate of drug-likeness (QED) is 0.808. The van der Waals surface area contributed by atoms with E-state index in [2.05, 4.69) is 5.32 Å². The van der Waals surface area contributed by atoms with E-state index in [1.165, 1.54) is 6.07 Å². The molecule has 0 saturated heterocycles. The SMILES string of the molecule is CC(=O)C(F)C(=O)Nc1ccccc1Cl. The highest BCUT2D eigenvalue weighted by atomic mass is 35.5. The lowest BCUT2D eigenvalue weighted by atomic mass is 10.2. The first-order valence-corrected chi connectivity index (χ1v) is 4.60. The molecule has 0 aliphatic rings. The van der Waals surface area contributed by atoms with Crippen LogP contribution in [0, 0.1) is 0 Å². The minimum absolute atomic E-state index is 0.285. The number of hydrogen-bond acceptors (Lipinski definition) is 2. The Morgan fingerprint density at radius 2 is 2.00 bits per heavy atom. The summed E-state index contributed by atoms with van der Waals surface area (Å²) < 4.78 is 12.9. The molecule has 0 fully saturated rings. The number of hydrogen-bond donors (Lipinski definition) is 1. The van der Waals surface area contributed by atoms with Gasteiger partial charge in [0.1, 0.15) is 0 Å². The second-order valence-corrected chi connectivity index (χ2v) is 3.35. The smallest absolute Gasteiger partial charge is 0.266 e. The van der Waals surface area contributed by atoms with Gasteiger partial charge >= 0.3 is 0 Å². The highest BCUT2D eigenvalue weighted by Gasteiger charge is 2.22. The Labute approximate surface area is 91.2 Å². The summed E-state index contributed by atoms with van der Waals surface area (Å²) in [5, 5.41) is 2.52. The maximum absolute atomic E-state index is 12.9. The van der Waals surface area contributed by atoms with Gasteiger partial charge < -0.3 is 5.32 Å². The van der Waals surface area contributed by atoms with Crippen molar-refractivity contribution in [1.29, 1.82) is 0 Å². The van der Waals surface area contributed by atoms with Gasteiger partial charge in [-0.15, -0.1) is 0 Å². The number of carbonyl (C=O) groups is 2. The van der Waals surface area contributed by atoms with Crippen molar-refractivity contribution in [3.8, 4) is 0 Å². The van der Waals surface area contributed by atoms with Crippen LogP contribution in [0.1, 0.15) is 6.92 Å². The lowest BCUT2D eigenvalue weighted by Crippen LogP contribution is -2.29. The molecule has 0 aliphatic carbocycles. The van der Waals surface area contributed by atoms with Gasteiger partial charge in [-0.3, -0.25) is 9.59 Å². The number of para-hydroxylation sites is 1. The number of rotatable bonds is 3. The molecule has 0 aromatic heterocycles. The summed E-state index contributed by atoms with van der Waals surface area (Å²) in [6.07, 6.45) is -2.15. The molecule has 1 unspecified atom stereocenters. The van der Waals surface area contributed by atoms with Crippen molar-refractivity contribution in [1.82, 2.24) is 0 Å². The molecule has 1 rings (SSSR count). The number of nitrogens with one attached hydrogen (secondary N) is 1. The fourth-order valence-electron chi connectivity index (χ4n) is 0.943. The number of amides is 1. The average Bonchev–Trinajstić information content (AvgIpc) is 2.20. The van der Waals surface area contributed by atoms with E-state index in [0.29, 0.717) is 5.02 Å². The lowest BCUT2D eigenvalue weighted by molar-refractivity contribution is -0.131. The van der Waals surface area contributed by atoms with Gasteiger partial charge in [-0.2, -0.15) is 0 Å². The van der Waals surface area contributed by atoms with Crippen LogP contribution in [0.25, 0.3) is 0 Å². The van der Waals surface area contributed by atoms with Crippen LogP contribution >= 0.6 is 11.6 Å². The Morgan fingerprint density at radius 1 is 1.40 bits per heavy atom. The molecule has 15 heavy (non-hydrogen) atoms. The van der Waals surface area contributed by atoms with Crippen LogP contribution in [0.3, 0.4) is 0 Å². The Bertz CT molecular complexity index is 395. The minimum Gasteiger partial charge on any atom is -0.322 e. The Kier molecular flexibility index (Phi) is 3.80. The highest BCUT2D eigenvalue weighted by Crippen LogP contribution is 2.20. The first-order chi connectivity index (χ1) is 7.02. The van der Waals surface area contributed by atoms with E-state index in [-0.39, 0.29) is 5.69 Å². The largest absolute Gasteiger partial charge is 0.322 e. The number of alkyl halides is 1. The lowest BCUT2D eigenvalue weighted by Gasteiger charge is -2.07. The molecule has 1 N–H and O–H groups in total. The van der Waals surface area contributed by atoms with Crippen molar-refractivity contribution in [2.45, 2.75) is 13.1 Å². The van der Waals surface area contributed by atoms with Gasteiger partial charge in [0.25, 0.3) is 5.91 Å². The van der Waals surface area contributed by atoms with Gasteiger partial charge in [-0.05, 0) is 19.1 Å². The van der Waals surface area contributed by atoms with E-state index in [9.17, 15) is 14.0 Å². The summed E-state index contributed by atoms with van der Waals surface area (Å²) in [4.78, 5) is 21.7. The van der Waals surface area contributed by atoms with Gasteiger partial charge in [0.05, 0.1) is 10.7 Å². The molecule has 1 atom stereocenters. The van der Waals surface area contributed by atoms with Crippen LogP contribution < -0.4 is 5.32 Å². The van der Waals surface area contributed by atoms with Crippen LogP contribution in [-0.2, 0) is 9.59 Å². The van der Waals surface area contributed by atoms with E-state index in [4.69, 9.17) is 11.6 Å².